The Balaban J connectivity index is 0.00000420. The van der Waals surface area contributed by atoms with E-state index in [4.69, 9.17) is 9.47 Å². The van der Waals surface area contributed by atoms with Gasteiger partial charge in [-0.15, -0.1) is 24.0 Å². The molecule has 0 saturated heterocycles. The molecule has 1 saturated carbocycles. The van der Waals surface area contributed by atoms with E-state index in [2.05, 4.69) is 15.6 Å². The monoisotopic (exact) mass is 521 g/mol. The molecule has 0 aromatic heterocycles. The highest BCUT2D eigenvalue weighted by molar-refractivity contribution is 14.0. The van der Waals surface area contributed by atoms with Crippen molar-refractivity contribution in [2.24, 2.45) is 10.9 Å². The molecule has 29 heavy (non-hydrogen) atoms. The van der Waals surface area contributed by atoms with Gasteiger partial charge >= 0.3 is 5.97 Å². The van der Waals surface area contributed by atoms with Gasteiger partial charge in [0.25, 0.3) is 0 Å². The quantitative estimate of drug-likeness (QED) is 0.234. The van der Waals surface area contributed by atoms with Gasteiger partial charge in [0.15, 0.2) is 17.5 Å². The number of halogens is 2. The summed E-state index contributed by atoms with van der Waals surface area (Å²) in [6.45, 7) is 7.64. The van der Waals surface area contributed by atoms with Crippen molar-refractivity contribution in [3.63, 3.8) is 0 Å². The number of nitrogens with one attached hydrogen (secondary N) is 2. The first-order valence-corrected chi connectivity index (χ1v) is 10.2. The fourth-order valence-corrected chi connectivity index (χ4v) is 3.33. The molecule has 0 amide bonds. The van der Waals surface area contributed by atoms with E-state index in [0.717, 1.165) is 37.8 Å². The lowest BCUT2D eigenvalue weighted by Crippen LogP contribution is -2.45. The van der Waals surface area contributed by atoms with E-state index in [0.29, 0.717) is 25.7 Å². The minimum absolute atomic E-state index is 0. The average Bonchev–Trinajstić information content (AvgIpc) is 2.69. The molecule has 0 atom stereocenters. The zero-order chi connectivity index (χ0) is 20.4. The Morgan fingerprint density at radius 1 is 1.17 bits per heavy atom. The predicted molar refractivity (Wildman–Crippen MR) is 123 cm³/mol. The van der Waals surface area contributed by atoms with Gasteiger partial charge < -0.3 is 20.1 Å². The Bertz CT molecular complexity index is 665. The van der Waals surface area contributed by atoms with E-state index in [1.165, 1.54) is 6.07 Å². The number of benzene rings is 1. The first kappa shape index (κ1) is 25.5. The third-order valence-electron chi connectivity index (χ3n) is 4.75. The molecule has 6 nitrogen and oxygen atoms in total. The van der Waals surface area contributed by atoms with Gasteiger partial charge in [0.2, 0.25) is 0 Å². The van der Waals surface area contributed by atoms with Crippen molar-refractivity contribution in [3.05, 3.63) is 29.6 Å². The summed E-state index contributed by atoms with van der Waals surface area (Å²) in [6.07, 6.45) is 3.43. The van der Waals surface area contributed by atoms with Crippen LogP contribution in [0.25, 0.3) is 0 Å². The van der Waals surface area contributed by atoms with Crippen LogP contribution in [0.2, 0.25) is 0 Å². The summed E-state index contributed by atoms with van der Waals surface area (Å²) < 4.78 is 24.3. The summed E-state index contributed by atoms with van der Waals surface area (Å²) in [5.74, 6) is 0.517. The number of esters is 1. The van der Waals surface area contributed by atoms with E-state index in [9.17, 15) is 9.18 Å². The van der Waals surface area contributed by atoms with E-state index < -0.39 is 0 Å². The van der Waals surface area contributed by atoms with Crippen molar-refractivity contribution in [2.45, 2.75) is 59.0 Å². The highest BCUT2D eigenvalue weighted by Gasteiger charge is 2.27. The van der Waals surface area contributed by atoms with Crippen LogP contribution in [0, 0.1) is 11.7 Å². The summed E-state index contributed by atoms with van der Waals surface area (Å²) in [5.41, 5.74) is 0.782. The molecule has 0 bridgehead atoms. The number of hydrogen-bond donors (Lipinski definition) is 2. The van der Waals surface area contributed by atoms with Crippen LogP contribution in [0.4, 0.5) is 4.39 Å². The molecule has 0 radical (unpaired) electrons. The Morgan fingerprint density at radius 3 is 2.48 bits per heavy atom. The minimum atomic E-state index is -0.371. The van der Waals surface area contributed by atoms with Crippen LogP contribution < -0.4 is 15.4 Å². The van der Waals surface area contributed by atoms with Gasteiger partial charge in [-0.1, -0.05) is 6.07 Å². The minimum Gasteiger partial charge on any atom is -0.491 e. The molecular formula is C21H33FIN3O3. The second kappa shape index (κ2) is 13.6. The summed E-state index contributed by atoms with van der Waals surface area (Å²) in [6, 6.07) is 5.19. The van der Waals surface area contributed by atoms with Crippen LogP contribution in [0.15, 0.2) is 23.2 Å². The molecule has 164 valence electrons. The number of nitrogens with zero attached hydrogens (tertiary/aromatic N) is 1. The molecule has 8 heteroatoms. The Hall–Kier alpha value is -1.58. The molecule has 1 aromatic rings. The maximum absolute atomic E-state index is 14.0. The van der Waals surface area contributed by atoms with E-state index in [-0.39, 0.29) is 53.5 Å². The third-order valence-corrected chi connectivity index (χ3v) is 4.75. The van der Waals surface area contributed by atoms with Crippen LogP contribution >= 0.6 is 24.0 Å². The van der Waals surface area contributed by atoms with Gasteiger partial charge in [-0.25, -0.2) is 9.38 Å². The van der Waals surface area contributed by atoms with Crippen LogP contribution in [0.1, 0.15) is 52.0 Å². The van der Waals surface area contributed by atoms with Gasteiger partial charge in [0.05, 0.1) is 25.7 Å². The number of rotatable bonds is 8. The molecule has 0 spiro atoms. The normalized spacial score (nSPS) is 19.1. The van der Waals surface area contributed by atoms with Crippen molar-refractivity contribution in [1.29, 1.82) is 0 Å². The Morgan fingerprint density at radius 2 is 1.90 bits per heavy atom. The predicted octanol–water partition coefficient (Wildman–Crippen LogP) is 4.02. The zero-order valence-corrected chi connectivity index (χ0v) is 19.8. The fraction of sp³-hybridized carbons (Fsp3) is 0.619. The third kappa shape index (κ3) is 8.36. The van der Waals surface area contributed by atoms with E-state index in [1.54, 1.807) is 6.07 Å². The molecule has 1 aliphatic rings. The summed E-state index contributed by atoms with van der Waals surface area (Å²) in [5, 5.41) is 6.66. The molecule has 0 unspecified atom stereocenters. The highest BCUT2D eigenvalue weighted by atomic mass is 127. The topological polar surface area (TPSA) is 72.0 Å². The fourth-order valence-electron chi connectivity index (χ4n) is 3.33. The number of hydrogen-bond acceptors (Lipinski definition) is 4. The molecule has 0 aliphatic heterocycles. The average molecular weight is 521 g/mol. The smallest absolute Gasteiger partial charge is 0.308 e. The SMILES string of the molecule is CCNC(=NCc1ccc(OCC)c(F)c1)NC1CCC(C(=O)OCC)CC1.I. The second-order valence-corrected chi connectivity index (χ2v) is 6.84. The highest BCUT2D eigenvalue weighted by Crippen LogP contribution is 2.25. The molecular weight excluding hydrogens is 488 g/mol. The lowest BCUT2D eigenvalue weighted by molar-refractivity contribution is -0.149. The first-order chi connectivity index (χ1) is 13.6. The van der Waals surface area contributed by atoms with Crippen molar-refractivity contribution in [3.8, 4) is 5.75 Å². The molecule has 2 N–H and O–H groups in total. The Labute approximate surface area is 190 Å². The van der Waals surface area contributed by atoms with E-state index in [1.807, 2.05) is 26.8 Å². The molecule has 2 rings (SSSR count). The molecule has 1 fully saturated rings. The van der Waals surface area contributed by atoms with Crippen molar-refractivity contribution >= 4 is 35.9 Å². The summed E-state index contributed by atoms with van der Waals surface area (Å²) >= 11 is 0. The van der Waals surface area contributed by atoms with Gasteiger partial charge in [0, 0.05) is 12.6 Å². The van der Waals surface area contributed by atoms with E-state index >= 15 is 0 Å². The Kier molecular flexibility index (Phi) is 11.9. The maximum atomic E-state index is 14.0. The van der Waals surface area contributed by atoms with Crippen LogP contribution in [-0.4, -0.2) is 37.7 Å². The van der Waals surface area contributed by atoms with Crippen molar-refractivity contribution < 1.29 is 18.7 Å². The largest absolute Gasteiger partial charge is 0.491 e. The number of aliphatic imine (C=N–C) groups is 1. The molecule has 1 aliphatic carbocycles. The van der Waals surface area contributed by atoms with Crippen LogP contribution in [-0.2, 0) is 16.1 Å². The van der Waals surface area contributed by atoms with Crippen LogP contribution in [0.3, 0.4) is 0 Å². The molecule has 0 heterocycles. The number of guanidine groups is 1. The van der Waals surface area contributed by atoms with Crippen LogP contribution in [0.5, 0.6) is 5.75 Å². The lowest BCUT2D eigenvalue weighted by Gasteiger charge is -2.29. The summed E-state index contributed by atoms with van der Waals surface area (Å²) in [4.78, 5) is 16.4. The van der Waals surface area contributed by atoms with Gasteiger partial charge in [-0.2, -0.15) is 0 Å². The van der Waals surface area contributed by atoms with Gasteiger partial charge in [-0.05, 0) is 64.2 Å². The second-order valence-electron chi connectivity index (χ2n) is 6.84. The van der Waals surface area contributed by atoms with Crippen molar-refractivity contribution in [2.75, 3.05) is 19.8 Å². The number of carbonyl (C=O) groups is 1. The number of ether oxygens (including phenoxy) is 2. The first-order valence-electron chi connectivity index (χ1n) is 10.2. The molecule has 1 aromatic carbocycles. The maximum Gasteiger partial charge on any atom is 0.308 e. The number of carbonyl (C=O) groups excluding carboxylic acids is 1. The zero-order valence-electron chi connectivity index (χ0n) is 17.5. The van der Waals surface area contributed by atoms with Gasteiger partial charge in [0.1, 0.15) is 0 Å². The van der Waals surface area contributed by atoms with Crippen molar-refractivity contribution in [1.82, 2.24) is 10.6 Å². The standard InChI is InChI=1S/C21H32FN3O3.HI/c1-4-23-21(24-14-15-7-12-19(27-5-2)18(22)13-15)25-17-10-8-16(9-11-17)20(26)28-6-3;/h7,12-13,16-17H,4-6,8-11,14H2,1-3H3,(H2,23,24,25);1H. The lowest BCUT2D eigenvalue weighted by atomic mass is 9.86. The summed E-state index contributed by atoms with van der Waals surface area (Å²) in [7, 11) is 0. The van der Waals surface area contributed by atoms with Gasteiger partial charge in [-0.3, -0.25) is 4.79 Å².